The molecule has 1 amide bonds. The number of aryl methyl sites for hydroxylation is 1. The Bertz CT molecular complexity index is 656. The molecule has 2 N–H and O–H groups in total. The first kappa shape index (κ1) is 13.3. The summed E-state index contributed by atoms with van der Waals surface area (Å²) >= 11 is 1.56. The van der Waals surface area contributed by atoms with Crippen molar-refractivity contribution in [3.05, 3.63) is 22.5 Å². The third-order valence-electron chi connectivity index (χ3n) is 3.49. The summed E-state index contributed by atoms with van der Waals surface area (Å²) in [6, 6.07) is 0. The van der Waals surface area contributed by atoms with E-state index in [1.165, 1.54) is 0 Å². The van der Waals surface area contributed by atoms with Gasteiger partial charge in [-0.2, -0.15) is 0 Å². The molecule has 0 aromatic carbocycles. The van der Waals surface area contributed by atoms with Gasteiger partial charge in [0.2, 0.25) is 0 Å². The van der Waals surface area contributed by atoms with E-state index in [9.17, 15) is 4.79 Å². The Kier molecular flexibility index (Phi) is 3.12. The summed E-state index contributed by atoms with van der Waals surface area (Å²) in [7, 11) is 0. The van der Waals surface area contributed by atoms with Crippen LogP contribution < -0.4 is 5.32 Å². The number of rotatable bonds is 2. The Morgan fingerprint density at radius 2 is 2.20 bits per heavy atom. The Hall–Kier alpha value is -1.69. The van der Waals surface area contributed by atoms with Crippen molar-refractivity contribution in [2.75, 3.05) is 6.54 Å². The summed E-state index contributed by atoms with van der Waals surface area (Å²) in [6.45, 7) is 7.03. The van der Waals surface area contributed by atoms with Gasteiger partial charge in [-0.25, -0.2) is 9.97 Å². The van der Waals surface area contributed by atoms with Gasteiger partial charge in [-0.15, -0.1) is 11.3 Å². The molecule has 3 heterocycles. The number of H-pyrrole nitrogens is 1. The molecule has 0 atom stereocenters. The van der Waals surface area contributed by atoms with Crippen LogP contribution in [-0.2, 0) is 12.8 Å². The summed E-state index contributed by atoms with van der Waals surface area (Å²) in [6.07, 6.45) is 1.71. The average Bonchev–Trinajstić information content (AvgIpc) is 2.99. The first-order valence-electron chi connectivity index (χ1n) is 6.80. The van der Waals surface area contributed by atoms with Crippen molar-refractivity contribution in [2.24, 2.45) is 5.41 Å². The fourth-order valence-corrected chi connectivity index (χ4v) is 3.19. The van der Waals surface area contributed by atoms with Crippen LogP contribution in [-0.4, -0.2) is 27.4 Å². The third-order valence-corrected chi connectivity index (χ3v) is 4.39. The average molecular weight is 290 g/mol. The van der Waals surface area contributed by atoms with Gasteiger partial charge in [0, 0.05) is 17.6 Å². The standard InChI is InChI=1S/C14H18N4OS/c1-4-8-6-20-13(16-8)11-17-9-5-14(2,3)7-15-12(19)10(9)18-11/h6H,4-5,7H2,1-3H3,(H,15,19)(H,17,18). The number of aromatic amines is 1. The number of carbonyl (C=O) groups excluding carboxylic acids is 1. The monoisotopic (exact) mass is 290 g/mol. The lowest BCUT2D eigenvalue weighted by molar-refractivity contribution is 0.0940. The van der Waals surface area contributed by atoms with Gasteiger partial charge in [-0.05, 0) is 18.3 Å². The van der Waals surface area contributed by atoms with E-state index < -0.39 is 0 Å². The van der Waals surface area contributed by atoms with E-state index in [1.807, 2.05) is 5.38 Å². The van der Waals surface area contributed by atoms with Crippen molar-refractivity contribution >= 4 is 17.2 Å². The fourth-order valence-electron chi connectivity index (χ4n) is 2.35. The summed E-state index contributed by atoms with van der Waals surface area (Å²) < 4.78 is 0. The summed E-state index contributed by atoms with van der Waals surface area (Å²) in [5, 5.41) is 5.82. The molecule has 2 aromatic heterocycles. The van der Waals surface area contributed by atoms with Gasteiger partial charge in [0.05, 0.1) is 5.69 Å². The number of thiazole rings is 1. The predicted molar refractivity (Wildman–Crippen MR) is 78.9 cm³/mol. The van der Waals surface area contributed by atoms with Gasteiger partial charge < -0.3 is 10.3 Å². The highest BCUT2D eigenvalue weighted by Gasteiger charge is 2.30. The largest absolute Gasteiger partial charge is 0.350 e. The van der Waals surface area contributed by atoms with Crippen molar-refractivity contribution in [1.82, 2.24) is 20.3 Å². The molecule has 2 aromatic rings. The van der Waals surface area contributed by atoms with Crippen molar-refractivity contribution in [1.29, 1.82) is 0 Å². The minimum Gasteiger partial charge on any atom is -0.350 e. The van der Waals surface area contributed by atoms with Crippen molar-refractivity contribution in [3.8, 4) is 10.8 Å². The maximum atomic E-state index is 12.1. The molecule has 5 nitrogen and oxygen atoms in total. The number of nitrogens with zero attached hydrogens (tertiary/aromatic N) is 2. The number of hydrogen-bond acceptors (Lipinski definition) is 4. The van der Waals surface area contributed by atoms with E-state index in [-0.39, 0.29) is 11.3 Å². The summed E-state index contributed by atoms with van der Waals surface area (Å²) in [5.41, 5.74) is 2.51. The van der Waals surface area contributed by atoms with Crippen molar-refractivity contribution < 1.29 is 4.79 Å². The number of nitrogens with one attached hydrogen (secondary N) is 2. The maximum absolute atomic E-state index is 12.1. The summed E-state index contributed by atoms with van der Waals surface area (Å²) in [5.74, 6) is 0.605. The Labute approximate surface area is 121 Å². The van der Waals surface area contributed by atoms with Crippen LogP contribution in [0, 0.1) is 5.41 Å². The normalized spacial score (nSPS) is 17.4. The molecule has 0 unspecified atom stereocenters. The van der Waals surface area contributed by atoms with Gasteiger partial charge in [0.15, 0.2) is 10.8 Å². The Morgan fingerprint density at radius 1 is 1.40 bits per heavy atom. The van der Waals surface area contributed by atoms with Crippen molar-refractivity contribution in [2.45, 2.75) is 33.6 Å². The van der Waals surface area contributed by atoms with Crippen LogP contribution in [0.3, 0.4) is 0 Å². The lowest BCUT2D eigenvalue weighted by atomic mass is 9.88. The molecular formula is C14H18N4OS. The van der Waals surface area contributed by atoms with Gasteiger partial charge >= 0.3 is 0 Å². The molecule has 1 aliphatic rings. The van der Waals surface area contributed by atoms with Crippen LogP contribution in [0.5, 0.6) is 0 Å². The van der Waals surface area contributed by atoms with E-state index in [4.69, 9.17) is 0 Å². The molecule has 0 bridgehead atoms. The second-order valence-electron chi connectivity index (χ2n) is 5.93. The zero-order chi connectivity index (χ0) is 14.3. The van der Waals surface area contributed by atoms with Crippen molar-refractivity contribution in [3.63, 3.8) is 0 Å². The second-order valence-corrected chi connectivity index (χ2v) is 6.79. The molecule has 20 heavy (non-hydrogen) atoms. The quantitative estimate of drug-likeness (QED) is 0.892. The lowest BCUT2D eigenvalue weighted by Crippen LogP contribution is -2.32. The van der Waals surface area contributed by atoms with Gasteiger partial charge in [-0.1, -0.05) is 20.8 Å². The number of carbonyl (C=O) groups is 1. The SMILES string of the molecule is CCc1csc(-c2nc3c([nH]2)CC(C)(C)CNC3=O)n1. The Balaban J connectivity index is 2.01. The second kappa shape index (κ2) is 4.70. The molecule has 1 aliphatic heterocycles. The van der Waals surface area contributed by atoms with Crippen LogP contribution in [0.15, 0.2) is 5.38 Å². The third kappa shape index (κ3) is 2.35. The van der Waals surface area contributed by atoms with Crippen LogP contribution in [0.4, 0.5) is 0 Å². The fraction of sp³-hybridized carbons (Fsp3) is 0.500. The van der Waals surface area contributed by atoms with Gasteiger partial charge in [-0.3, -0.25) is 4.79 Å². The molecular weight excluding hydrogens is 272 g/mol. The zero-order valence-electron chi connectivity index (χ0n) is 11.9. The van der Waals surface area contributed by atoms with E-state index in [0.29, 0.717) is 18.1 Å². The molecule has 0 spiro atoms. The van der Waals surface area contributed by atoms with Crippen LogP contribution in [0.1, 0.15) is 42.6 Å². The smallest absolute Gasteiger partial charge is 0.271 e. The number of fused-ring (bicyclic) bond motifs is 1. The highest BCUT2D eigenvalue weighted by atomic mass is 32.1. The first-order valence-corrected chi connectivity index (χ1v) is 7.68. The van der Waals surface area contributed by atoms with E-state index >= 15 is 0 Å². The van der Waals surface area contributed by atoms with Gasteiger partial charge in [0.1, 0.15) is 5.69 Å². The number of hydrogen-bond donors (Lipinski definition) is 2. The van der Waals surface area contributed by atoms with E-state index in [2.05, 4.69) is 41.0 Å². The number of aromatic nitrogens is 3. The van der Waals surface area contributed by atoms with Crippen LogP contribution in [0.2, 0.25) is 0 Å². The van der Waals surface area contributed by atoms with Gasteiger partial charge in [0.25, 0.3) is 5.91 Å². The number of imidazole rings is 1. The molecule has 106 valence electrons. The maximum Gasteiger partial charge on any atom is 0.271 e. The van der Waals surface area contributed by atoms with E-state index in [1.54, 1.807) is 11.3 Å². The van der Waals surface area contributed by atoms with Crippen LogP contribution >= 0.6 is 11.3 Å². The molecule has 3 rings (SSSR count). The molecule has 0 saturated heterocycles. The molecule has 0 saturated carbocycles. The van der Waals surface area contributed by atoms with Crippen LogP contribution in [0.25, 0.3) is 10.8 Å². The predicted octanol–water partition coefficient (Wildman–Crippen LogP) is 2.41. The first-order chi connectivity index (χ1) is 9.48. The zero-order valence-corrected chi connectivity index (χ0v) is 12.7. The minimum atomic E-state index is -0.0969. The minimum absolute atomic E-state index is 0.0299. The number of amides is 1. The lowest BCUT2D eigenvalue weighted by Gasteiger charge is -2.21. The topological polar surface area (TPSA) is 70.7 Å². The highest BCUT2D eigenvalue weighted by Crippen LogP contribution is 2.28. The molecule has 0 fully saturated rings. The molecule has 0 aliphatic carbocycles. The van der Waals surface area contributed by atoms with E-state index in [0.717, 1.165) is 29.2 Å². The Morgan fingerprint density at radius 3 is 2.90 bits per heavy atom. The molecule has 0 radical (unpaired) electrons. The molecule has 6 heteroatoms. The summed E-state index contributed by atoms with van der Waals surface area (Å²) in [4.78, 5) is 24.4. The highest BCUT2D eigenvalue weighted by molar-refractivity contribution is 7.13.